The van der Waals surface area contributed by atoms with Crippen molar-refractivity contribution in [3.05, 3.63) is 18.5 Å². The molecule has 19 heavy (non-hydrogen) atoms. The maximum absolute atomic E-state index is 9.57. The lowest BCUT2D eigenvalue weighted by atomic mass is 9.91. The molecule has 0 atom stereocenters. The first-order chi connectivity index (χ1) is 9.33. The molecule has 2 aliphatic rings. The fraction of sp³-hybridized carbons (Fsp3) is 0.714. The van der Waals surface area contributed by atoms with Crippen LogP contribution in [0.1, 0.15) is 25.7 Å². The van der Waals surface area contributed by atoms with Gasteiger partial charge in [-0.1, -0.05) is 0 Å². The summed E-state index contributed by atoms with van der Waals surface area (Å²) in [6.45, 7) is 4.17. The van der Waals surface area contributed by atoms with Crippen LogP contribution in [0.25, 0.3) is 0 Å². The molecule has 3 rings (SSSR count). The van der Waals surface area contributed by atoms with Crippen molar-refractivity contribution in [1.82, 2.24) is 14.9 Å². The van der Waals surface area contributed by atoms with E-state index in [-0.39, 0.29) is 6.10 Å². The average molecular weight is 262 g/mol. The fourth-order valence-corrected chi connectivity index (χ4v) is 3.16. The highest BCUT2D eigenvalue weighted by Gasteiger charge is 2.28. The van der Waals surface area contributed by atoms with Crippen LogP contribution in [-0.2, 0) is 0 Å². The van der Waals surface area contributed by atoms with Gasteiger partial charge in [-0.2, -0.15) is 0 Å². The van der Waals surface area contributed by atoms with Gasteiger partial charge in [0, 0.05) is 44.6 Å². The molecule has 1 saturated heterocycles. The molecule has 1 aliphatic carbocycles. The van der Waals surface area contributed by atoms with E-state index in [4.69, 9.17) is 0 Å². The summed E-state index contributed by atoms with van der Waals surface area (Å²) in [5.41, 5.74) is 0. The van der Waals surface area contributed by atoms with E-state index in [0.29, 0.717) is 6.04 Å². The van der Waals surface area contributed by atoms with E-state index >= 15 is 0 Å². The minimum Gasteiger partial charge on any atom is -0.393 e. The van der Waals surface area contributed by atoms with Crippen molar-refractivity contribution >= 4 is 5.95 Å². The Kier molecular flexibility index (Phi) is 3.94. The first-order valence-electron chi connectivity index (χ1n) is 7.27. The molecule has 0 amide bonds. The van der Waals surface area contributed by atoms with Crippen molar-refractivity contribution in [2.75, 3.05) is 31.1 Å². The van der Waals surface area contributed by atoms with Gasteiger partial charge in [-0.05, 0) is 31.7 Å². The zero-order chi connectivity index (χ0) is 13.1. The standard InChI is InChI=1S/C14H22N4O/c19-13-4-2-12(3-5-13)17-8-10-18(11-9-17)14-15-6-1-7-16-14/h1,6-7,12-13,19H,2-5,8-11H2/t12-,13-. The van der Waals surface area contributed by atoms with Crippen molar-refractivity contribution in [3.8, 4) is 0 Å². The third-order valence-corrected chi connectivity index (χ3v) is 4.33. The Labute approximate surface area is 114 Å². The average Bonchev–Trinajstić information content (AvgIpc) is 2.49. The lowest BCUT2D eigenvalue weighted by molar-refractivity contribution is 0.0710. The van der Waals surface area contributed by atoms with Crippen molar-refractivity contribution in [1.29, 1.82) is 0 Å². The maximum Gasteiger partial charge on any atom is 0.225 e. The summed E-state index contributed by atoms with van der Waals surface area (Å²) in [6.07, 6.45) is 7.76. The second-order valence-corrected chi connectivity index (χ2v) is 5.53. The van der Waals surface area contributed by atoms with Gasteiger partial charge in [0.15, 0.2) is 0 Å². The molecule has 2 heterocycles. The van der Waals surface area contributed by atoms with Crippen LogP contribution in [0.15, 0.2) is 18.5 Å². The summed E-state index contributed by atoms with van der Waals surface area (Å²) < 4.78 is 0. The van der Waals surface area contributed by atoms with Crippen LogP contribution in [0.4, 0.5) is 5.95 Å². The van der Waals surface area contributed by atoms with E-state index in [1.54, 1.807) is 12.4 Å². The van der Waals surface area contributed by atoms with Gasteiger partial charge in [0.2, 0.25) is 5.95 Å². The predicted molar refractivity (Wildman–Crippen MR) is 74.1 cm³/mol. The van der Waals surface area contributed by atoms with Crippen LogP contribution < -0.4 is 4.90 Å². The number of piperazine rings is 1. The van der Waals surface area contributed by atoms with Crippen LogP contribution in [-0.4, -0.2) is 58.3 Å². The molecule has 0 bridgehead atoms. The monoisotopic (exact) mass is 262 g/mol. The lowest BCUT2D eigenvalue weighted by Gasteiger charge is -2.41. The van der Waals surface area contributed by atoms with E-state index in [1.165, 1.54) is 0 Å². The normalized spacial score (nSPS) is 29.4. The Hall–Kier alpha value is -1.20. The molecule has 5 nitrogen and oxygen atoms in total. The SMILES string of the molecule is O[C@H]1CC[C@H](N2CCN(c3ncccn3)CC2)CC1. The molecule has 5 heteroatoms. The van der Waals surface area contributed by atoms with Gasteiger partial charge in [0.1, 0.15) is 0 Å². The molecular formula is C14H22N4O. The highest BCUT2D eigenvalue weighted by Crippen LogP contribution is 2.24. The molecule has 0 unspecified atom stereocenters. The first kappa shape index (κ1) is 12.8. The second kappa shape index (κ2) is 5.84. The van der Waals surface area contributed by atoms with E-state index in [2.05, 4.69) is 19.8 Å². The number of rotatable bonds is 2. The molecule has 1 N–H and O–H groups in total. The number of nitrogens with zero attached hydrogens (tertiary/aromatic N) is 4. The number of aliphatic hydroxyl groups excluding tert-OH is 1. The zero-order valence-electron chi connectivity index (χ0n) is 11.3. The number of aliphatic hydroxyl groups is 1. The minimum atomic E-state index is -0.0599. The fourth-order valence-electron chi connectivity index (χ4n) is 3.16. The molecule has 2 fully saturated rings. The largest absolute Gasteiger partial charge is 0.393 e. The summed E-state index contributed by atoms with van der Waals surface area (Å²) in [5.74, 6) is 0.848. The highest BCUT2D eigenvalue weighted by atomic mass is 16.3. The summed E-state index contributed by atoms with van der Waals surface area (Å²) >= 11 is 0. The predicted octanol–water partition coefficient (Wildman–Crippen LogP) is 0.902. The highest BCUT2D eigenvalue weighted by molar-refractivity contribution is 5.29. The minimum absolute atomic E-state index is 0.0599. The smallest absolute Gasteiger partial charge is 0.225 e. The molecule has 0 radical (unpaired) electrons. The maximum atomic E-state index is 9.57. The van der Waals surface area contributed by atoms with Gasteiger partial charge in [0.05, 0.1) is 6.10 Å². The van der Waals surface area contributed by atoms with Gasteiger partial charge in [-0.25, -0.2) is 9.97 Å². The second-order valence-electron chi connectivity index (χ2n) is 5.53. The Morgan fingerprint density at radius 2 is 1.58 bits per heavy atom. The van der Waals surface area contributed by atoms with Crippen LogP contribution in [0, 0.1) is 0 Å². The van der Waals surface area contributed by atoms with E-state index < -0.39 is 0 Å². The number of hydrogen-bond donors (Lipinski definition) is 1. The summed E-state index contributed by atoms with van der Waals surface area (Å²) in [4.78, 5) is 13.5. The van der Waals surface area contributed by atoms with Gasteiger partial charge in [0.25, 0.3) is 0 Å². The topological polar surface area (TPSA) is 52.5 Å². The molecule has 1 aromatic rings. The molecule has 104 valence electrons. The van der Waals surface area contributed by atoms with Crippen molar-refractivity contribution in [2.45, 2.75) is 37.8 Å². The Morgan fingerprint density at radius 1 is 0.947 bits per heavy atom. The van der Waals surface area contributed by atoms with Gasteiger partial charge < -0.3 is 10.0 Å². The summed E-state index contributed by atoms with van der Waals surface area (Å²) in [5, 5.41) is 9.57. The Balaban J connectivity index is 1.52. The quantitative estimate of drug-likeness (QED) is 0.858. The first-order valence-corrected chi connectivity index (χ1v) is 7.27. The van der Waals surface area contributed by atoms with Gasteiger partial charge in [-0.15, -0.1) is 0 Å². The molecule has 1 aromatic heterocycles. The third-order valence-electron chi connectivity index (χ3n) is 4.33. The molecule has 1 saturated carbocycles. The van der Waals surface area contributed by atoms with Crippen LogP contribution in [0.2, 0.25) is 0 Å². The zero-order valence-corrected chi connectivity index (χ0v) is 11.3. The number of hydrogen-bond acceptors (Lipinski definition) is 5. The Bertz CT molecular complexity index is 384. The van der Waals surface area contributed by atoms with E-state index in [0.717, 1.165) is 57.8 Å². The van der Waals surface area contributed by atoms with E-state index in [1.807, 2.05) is 6.07 Å². The van der Waals surface area contributed by atoms with Crippen molar-refractivity contribution < 1.29 is 5.11 Å². The van der Waals surface area contributed by atoms with Gasteiger partial charge >= 0.3 is 0 Å². The number of aromatic nitrogens is 2. The molecule has 1 aliphatic heterocycles. The molecule has 0 aromatic carbocycles. The Morgan fingerprint density at radius 3 is 2.21 bits per heavy atom. The molecule has 0 spiro atoms. The van der Waals surface area contributed by atoms with Crippen LogP contribution in [0.3, 0.4) is 0 Å². The lowest BCUT2D eigenvalue weighted by Crippen LogP contribution is -2.51. The van der Waals surface area contributed by atoms with E-state index in [9.17, 15) is 5.11 Å². The van der Waals surface area contributed by atoms with Gasteiger partial charge in [-0.3, -0.25) is 4.90 Å². The summed E-state index contributed by atoms with van der Waals surface area (Å²) in [7, 11) is 0. The van der Waals surface area contributed by atoms with Crippen LogP contribution >= 0.6 is 0 Å². The van der Waals surface area contributed by atoms with Crippen molar-refractivity contribution in [2.24, 2.45) is 0 Å². The van der Waals surface area contributed by atoms with Crippen LogP contribution in [0.5, 0.6) is 0 Å². The number of anilines is 1. The molecular weight excluding hydrogens is 240 g/mol. The summed E-state index contributed by atoms with van der Waals surface area (Å²) in [6, 6.07) is 2.52. The third kappa shape index (κ3) is 3.04. The van der Waals surface area contributed by atoms with Crippen molar-refractivity contribution in [3.63, 3.8) is 0 Å².